The molecule has 3 nitrogen and oxygen atoms in total. The highest BCUT2D eigenvalue weighted by molar-refractivity contribution is 5.02. The lowest BCUT2D eigenvalue weighted by atomic mass is 9.90. The van der Waals surface area contributed by atoms with E-state index in [1.807, 2.05) is 6.20 Å². The van der Waals surface area contributed by atoms with Crippen LogP contribution in [0.4, 0.5) is 0 Å². The molecule has 0 radical (unpaired) electrons. The van der Waals surface area contributed by atoms with Gasteiger partial charge in [-0.1, -0.05) is 46.0 Å². The van der Waals surface area contributed by atoms with Crippen molar-refractivity contribution in [3.63, 3.8) is 0 Å². The largest absolute Gasteiger partial charge is 0.445 e. The van der Waals surface area contributed by atoms with Crippen LogP contribution in [-0.4, -0.2) is 18.1 Å². The molecule has 1 aromatic heterocycles. The maximum absolute atomic E-state index is 6.01. The molecule has 0 atom stereocenters. The zero-order valence-corrected chi connectivity index (χ0v) is 13.9. The van der Waals surface area contributed by atoms with Crippen LogP contribution in [-0.2, 0) is 6.42 Å². The number of hydrogen-bond acceptors (Lipinski definition) is 3. The van der Waals surface area contributed by atoms with Crippen LogP contribution in [0.25, 0.3) is 0 Å². The second-order valence-electron chi connectivity index (χ2n) is 6.90. The summed E-state index contributed by atoms with van der Waals surface area (Å²) in [5, 5.41) is 3.47. The average Bonchev–Trinajstić information content (AvgIpc) is 2.86. The Morgan fingerprint density at radius 2 is 1.90 bits per heavy atom. The molecule has 1 heterocycles. The lowest BCUT2D eigenvalue weighted by Gasteiger charge is -2.16. The van der Waals surface area contributed by atoms with Crippen molar-refractivity contribution in [2.75, 3.05) is 13.1 Å². The molecular weight excluding hydrogens is 260 g/mol. The SMILES string of the molecule is CC(C)CNCCCc1ncc(C2CCCCCCC2)o1. The van der Waals surface area contributed by atoms with Gasteiger partial charge in [0.15, 0.2) is 5.89 Å². The number of rotatable bonds is 7. The van der Waals surface area contributed by atoms with Crippen molar-refractivity contribution in [2.24, 2.45) is 5.92 Å². The van der Waals surface area contributed by atoms with E-state index in [9.17, 15) is 0 Å². The van der Waals surface area contributed by atoms with Gasteiger partial charge in [-0.25, -0.2) is 4.98 Å². The van der Waals surface area contributed by atoms with Crippen LogP contribution in [0, 0.1) is 5.92 Å². The van der Waals surface area contributed by atoms with E-state index in [2.05, 4.69) is 24.1 Å². The summed E-state index contributed by atoms with van der Waals surface area (Å²) in [6.07, 6.45) is 13.5. The predicted molar refractivity (Wildman–Crippen MR) is 87.6 cm³/mol. The van der Waals surface area contributed by atoms with E-state index in [1.165, 1.54) is 44.9 Å². The van der Waals surface area contributed by atoms with Crippen LogP contribution in [0.2, 0.25) is 0 Å². The third kappa shape index (κ3) is 6.21. The van der Waals surface area contributed by atoms with Gasteiger partial charge in [0.1, 0.15) is 5.76 Å². The molecule has 1 aliphatic rings. The third-order valence-corrected chi connectivity index (χ3v) is 4.38. The van der Waals surface area contributed by atoms with Gasteiger partial charge in [-0.3, -0.25) is 0 Å². The molecule has 1 aliphatic carbocycles. The van der Waals surface area contributed by atoms with Crippen molar-refractivity contribution in [1.82, 2.24) is 10.3 Å². The van der Waals surface area contributed by atoms with Crippen LogP contribution in [0.5, 0.6) is 0 Å². The summed E-state index contributed by atoms with van der Waals surface area (Å²) in [7, 11) is 0. The van der Waals surface area contributed by atoms with Crippen LogP contribution in [0.1, 0.15) is 82.8 Å². The first kappa shape index (κ1) is 16.5. The van der Waals surface area contributed by atoms with Crippen molar-refractivity contribution in [3.8, 4) is 0 Å². The fourth-order valence-electron chi connectivity index (χ4n) is 3.12. The molecule has 1 aromatic rings. The minimum atomic E-state index is 0.616. The highest BCUT2D eigenvalue weighted by Crippen LogP contribution is 2.31. The van der Waals surface area contributed by atoms with E-state index in [4.69, 9.17) is 4.42 Å². The first-order chi connectivity index (χ1) is 10.3. The van der Waals surface area contributed by atoms with Crippen molar-refractivity contribution >= 4 is 0 Å². The molecule has 0 amide bonds. The summed E-state index contributed by atoms with van der Waals surface area (Å²) in [4.78, 5) is 4.48. The molecule has 0 saturated heterocycles. The van der Waals surface area contributed by atoms with Crippen molar-refractivity contribution < 1.29 is 4.42 Å². The van der Waals surface area contributed by atoms with Gasteiger partial charge in [0.05, 0.1) is 6.20 Å². The average molecular weight is 292 g/mol. The summed E-state index contributed by atoms with van der Waals surface area (Å²) < 4.78 is 6.01. The Bertz CT molecular complexity index is 378. The van der Waals surface area contributed by atoms with Crippen molar-refractivity contribution in [3.05, 3.63) is 17.8 Å². The Morgan fingerprint density at radius 3 is 2.62 bits per heavy atom. The van der Waals surface area contributed by atoms with E-state index in [-0.39, 0.29) is 0 Å². The van der Waals surface area contributed by atoms with Gasteiger partial charge >= 0.3 is 0 Å². The lowest BCUT2D eigenvalue weighted by Crippen LogP contribution is -2.21. The molecule has 0 unspecified atom stereocenters. The summed E-state index contributed by atoms with van der Waals surface area (Å²) >= 11 is 0. The number of aromatic nitrogens is 1. The Labute approximate surface area is 129 Å². The van der Waals surface area contributed by atoms with Crippen molar-refractivity contribution in [1.29, 1.82) is 0 Å². The van der Waals surface area contributed by atoms with E-state index >= 15 is 0 Å². The molecule has 120 valence electrons. The highest BCUT2D eigenvalue weighted by atomic mass is 16.4. The smallest absolute Gasteiger partial charge is 0.194 e. The maximum Gasteiger partial charge on any atom is 0.194 e. The van der Waals surface area contributed by atoms with E-state index in [1.54, 1.807) is 0 Å². The number of aryl methyl sites for hydroxylation is 1. The summed E-state index contributed by atoms with van der Waals surface area (Å²) in [6, 6.07) is 0. The van der Waals surface area contributed by atoms with Gasteiger partial charge in [0.25, 0.3) is 0 Å². The molecule has 0 aliphatic heterocycles. The van der Waals surface area contributed by atoms with Gasteiger partial charge < -0.3 is 9.73 Å². The number of nitrogens with zero attached hydrogens (tertiary/aromatic N) is 1. The van der Waals surface area contributed by atoms with Crippen molar-refractivity contribution in [2.45, 2.75) is 77.6 Å². The van der Waals surface area contributed by atoms with Crippen LogP contribution in [0.15, 0.2) is 10.6 Å². The van der Waals surface area contributed by atoms with E-state index < -0.39 is 0 Å². The number of nitrogens with one attached hydrogen (secondary N) is 1. The normalized spacial score (nSPS) is 17.9. The van der Waals surface area contributed by atoms with E-state index in [0.717, 1.165) is 43.5 Å². The van der Waals surface area contributed by atoms with Gasteiger partial charge in [-0.15, -0.1) is 0 Å². The van der Waals surface area contributed by atoms with Gasteiger partial charge in [-0.2, -0.15) is 0 Å². The minimum absolute atomic E-state index is 0.616. The van der Waals surface area contributed by atoms with E-state index in [0.29, 0.717) is 5.92 Å². The summed E-state index contributed by atoms with van der Waals surface area (Å²) in [5.41, 5.74) is 0. The zero-order chi connectivity index (χ0) is 14.9. The monoisotopic (exact) mass is 292 g/mol. The second-order valence-corrected chi connectivity index (χ2v) is 6.90. The Kier molecular flexibility index (Phi) is 7.28. The molecular formula is C18H32N2O. The molecule has 0 aromatic carbocycles. The second kappa shape index (κ2) is 9.24. The topological polar surface area (TPSA) is 38.1 Å². The van der Waals surface area contributed by atoms with Gasteiger partial charge in [-0.05, 0) is 38.3 Å². The molecule has 1 N–H and O–H groups in total. The molecule has 0 bridgehead atoms. The minimum Gasteiger partial charge on any atom is -0.445 e. The first-order valence-electron chi connectivity index (χ1n) is 8.91. The molecule has 0 spiro atoms. The maximum atomic E-state index is 6.01. The standard InChI is InChI=1S/C18H32N2O/c1-15(2)13-19-12-8-11-18-20-14-17(21-18)16-9-6-4-3-5-7-10-16/h14-16,19H,3-13H2,1-2H3. The third-order valence-electron chi connectivity index (χ3n) is 4.38. The lowest BCUT2D eigenvalue weighted by molar-refractivity contribution is 0.369. The molecule has 1 saturated carbocycles. The number of hydrogen-bond donors (Lipinski definition) is 1. The summed E-state index contributed by atoms with van der Waals surface area (Å²) in [5.74, 6) is 3.41. The van der Waals surface area contributed by atoms with Crippen LogP contribution >= 0.6 is 0 Å². The van der Waals surface area contributed by atoms with Crippen LogP contribution < -0.4 is 5.32 Å². The molecule has 1 fully saturated rings. The first-order valence-corrected chi connectivity index (χ1v) is 8.91. The number of oxazole rings is 1. The molecule has 3 heteroatoms. The van der Waals surface area contributed by atoms with Gasteiger partial charge in [0.2, 0.25) is 0 Å². The quantitative estimate of drug-likeness (QED) is 0.741. The van der Waals surface area contributed by atoms with Crippen LogP contribution in [0.3, 0.4) is 0 Å². The highest BCUT2D eigenvalue weighted by Gasteiger charge is 2.17. The predicted octanol–water partition coefficient (Wildman–Crippen LogP) is 4.68. The van der Waals surface area contributed by atoms with Gasteiger partial charge in [0, 0.05) is 12.3 Å². The fraction of sp³-hybridized carbons (Fsp3) is 0.833. The fourth-order valence-corrected chi connectivity index (χ4v) is 3.12. The Hall–Kier alpha value is -0.830. The summed E-state index contributed by atoms with van der Waals surface area (Å²) in [6.45, 7) is 6.63. The molecule has 2 rings (SSSR count). The Morgan fingerprint density at radius 1 is 1.19 bits per heavy atom. The molecule has 21 heavy (non-hydrogen) atoms. The zero-order valence-electron chi connectivity index (χ0n) is 13.9. The Balaban J connectivity index is 1.72.